The molecule has 116 valence electrons. The molecule has 2 N–H and O–H groups in total. The van der Waals surface area contributed by atoms with Gasteiger partial charge in [0.2, 0.25) is 11.8 Å². The van der Waals surface area contributed by atoms with Gasteiger partial charge in [-0.05, 0) is 26.7 Å². The Morgan fingerprint density at radius 3 is 1.65 bits per heavy atom. The number of rotatable bonds is 12. The predicted molar refractivity (Wildman–Crippen MR) is 79.3 cm³/mol. The minimum Gasteiger partial charge on any atom is -0.356 e. The molecule has 0 radical (unpaired) electrons. The normalized spacial score (nSPS) is 10.1. The SMILES string of the molecule is CCNC(=O)CCCCCCCCC(=O)NCC(C)=O. The number of nitrogens with one attached hydrogen (secondary N) is 2. The molecule has 5 heteroatoms. The molecule has 0 aromatic heterocycles. The summed E-state index contributed by atoms with van der Waals surface area (Å²) in [5.74, 6) is 0.0662. The predicted octanol–water partition coefficient (Wildman–Crippen LogP) is 1.95. The van der Waals surface area contributed by atoms with E-state index in [4.69, 9.17) is 0 Å². The zero-order valence-electron chi connectivity index (χ0n) is 12.8. The maximum absolute atomic E-state index is 11.3. The van der Waals surface area contributed by atoms with E-state index in [1.54, 1.807) is 0 Å². The second-order valence-electron chi connectivity index (χ2n) is 5.05. The zero-order valence-corrected chi connectivity index (χ0v) is 12.8. The van der Waals surface area contributed by atoms with Crippen LogP contribution < -0.4 is 10.6 Å². The summed E-state index contributed by atoms with van der Waals surface area (Å²) < 4.78 is 0. The highest BCUT2D eigenvalue weighted by atomic mass is 16.2. The smallest absolute Gasteiger partial charge is 0.220 e. The average Bonchev–Trinajstić information content (AvgIpc) is 2.39. The van der Waals surface area contributed by atoms with Crippen LogP contribution in [0.2, 0.25) is 0 Å². The van der Waals surface area contributed by atoms with Gasteiger partial charge in [-0.15, -0.1) is 0 Å². The first-order chi connectivity index (χ1) is 9.56. The molecule has 0 aliphatic carbocycles. The Balaban J connectivity index is 3.26. The molecule has 0 fully saturated rings. The van der Waals surface area contributed by atoms with E-state index in [0.717, 1.165) is 38.5 Å². The lowest BCUT2D eigenvalue weighted by molar-refractivity contribution is -0.124. The van der Waals surface area contributed by atoms with Gasteiger partial charge in [-0.3, -0.25) is 14.4 Å². The molecule has 20 heavy (non-hydrogen) atoms. The van der Waals surface area contributed by atoms with E-state index in [1.807, 2.05) is 6.92 Å². The van der Waals surface area contributed by atoms with Crippen molar-refractivity contribution < 1.29 is 14.4 Å². The molecule has 0 aromatic carbocycles. The molecule has 0 spiro atoms. The van der Waals surface area contributed by atoms with Crippen LogP contribution in [0.3, 0.4) is 0 Å². The van der Waals surface area contributed by atoms with Crippen molar-refractivity contribution in [2.45, 2.75) is 65.2 Å². The second-order valence-corrected chi connectivity index (χ2v) is 5.05. The van der Waals surface area contributed by atoms with Crippen molar-refractivity contribution >= 4 is 17.6 Å². The van der Waals surface area contributed by atoms with Crippen LogP contribution in [0.5, 0.6) is 0 Å². The van der Waals surface area contributed by atoms with Crippen LogP contribution in [-0.4, -0.2) is 30.7 Å². The van der Waals surface area contributed by atoms with E-state index in [-0.39, 0.29) is 24.1 Å². The lowest BCUT2D eigenvalue weighted by Crippen LogP contribution is -2.27. The maximum Gasteiger partial charge on any atom is 0.220 e. The number of carbonyl (C=O) groups excluding carboxylic acids is 3. The van der Waals surface area contributed by atoms with E-state index >= 15 is 0 Å². The van der Waals surface area contributed by atoms with Crippen molar-refractivity contribution in [2.75, 3.05) is 13.1 Å². The fraction of sp³-hybridized carbons (Fsp3) is 0.800. The Labute approximate surface area is 121 Å². The van der Waals surface area contributed by atoms with E-state index in [1.165, 1.54) is 6.92 Å². The molecule has 0 unspecified atom stereocenters. The number of ketones is 1. The lowest BCUT2D eigenvalue weighted by atomic mass is 10.1. The first-order valence-corrected chi connectivity index (χ1v) is 7.59. The Morgan fingerprint density at radius 2 is 1.20 bits per heavy atom. The fourth-order valence-corrected chi connectivity index (χ4v) is 1.88. The molecule has 0 aromatic rings. The number of hydrogen-bond acceptors (Lipinski definition) is 3. The molecule has 0 aliphatic heterocycles. The van der Waals surface area contributed by atoms with Gasteiger partial charge < -0.3 is 10.6 Å². The van der Waals surface area contributed by atoms with Gasteiger partial charge in [0, 0.05) is 19.4 Å². The third-order valence-electron chi connectivity index (χ3n) is 2.97. The van der Waals surface area contributed by atoms with Gasteiger partial charge in [0.1, 0.15) is 5.78 Å². The third kappa shape index (κ3) is 13.1. The van der Waals surface area contributed by atoms with Crippen molar-refractivity contribution in [3.8, 4) is 0 Å². The fourth-order valence-electron chi connectivity index (χ4n) is 1.88. The second kappa shape index (κ2) is 12.6. The third-order valence-corrected chi connectivity index (χ3v) is 2.97. The van der Waals surface area contributed by atoms with Gasteiger partial charge in [0.25, 0.3) is 0 Å². The van der Waals surface area contributed by atoms with Gasteiger partial charge in [-0.2, -0.15) is 0 Å². The number of Topliss-reactive ketones (excluding diaryl/α,β-unsaturated/α-hetero) is 1. The largest absolute Gasteiger partial charge is 0.356 e. The number of carbonyl (C=O) groups is 3. The zero-order chi connectivity index (χ0) is 15.2. The van der Waals surface area contributed by atoms with Crippen LogP contribution in [0.4, 0.5) is 0 Å². The summed E-state index contributed by atoms with van der Waals surface area (Å²) in [5, 5.41) is 5.37. The van der Waals surface area contributed by atoms with Gasteiger partial charge in [0.15, 0.2) is 0 Å². The molecule has 0 bridgehead atoms. The molecule has 0 aliphatic rings. The van der Waals surface area contributed by atoms with Crippen molar-refractivity contribution in [3.05, 3.63) is 0 Å². The summed E-state index contributed by atoms with van der Waals surface area (Å²) in [6.45, 7) is 4.22. The van der Waals surface area contributed by atoms with Crippen molar-refractivity contribution in [1.82, 2.24) is 10.6 Å². The van der Waals surface area contributed by atoms with E-state index in [9.17, 15) is 14.4 Å². The topological polar surface area (TPSA) is 75.3 Å². The maximum atomic E-state index is 11.3. The first-order valence-electron chi connectivity index (χ1n) is 7.59. The highest BCUT2D eigenvalue weighted by molar-refractivity contribution is 5.84. The first kappa shape index (κ1) is 18.6. The van der Waals surface area contributed by atoms with E-state index < -0.39 is 0 Å². The van der Waals surface area contributed by atoms with Gasteiger partial charge >= 0.3 is 0 Å². The summed E-state index contributed by atoms with van der Waals surface area (Å²) in [5.41, 5.74) is 0. The van der Waals surface area contributed by atoms with Crippen molar-refractivity contribution in [3.63, 3.8) is 0 Å². The summed E-state index contributed by atoms with van der Waals surface area (Å²) in [6, 6.07) is 0. The molecule has 2 amide bonds. The van der Waals surface area contributed by atoms with Gasteiger partial charge in [-0.25, -0.2) is 0 Å². The lowest BCUT2D eigenvalue weighted by Gasteiger charge is -2.04. The van der Waals surface area contributed by atoms with Crippen LogP contribution in [-0.2, 0) is 14.4 Å². The highest BCUT2D eigenvalue weighted by Gasteiger charge is 2.02. The number of unbranched alkanes of at least 4 members (excludes halogenated alkanes) is 5. The molecule has 0 atom stereocenters. The molecule has 0 saturated heterocycles. The number of hydrogen-bond donors (Lipinski definition) is 2. The number of amides is 2. The molecule has 0 saturated carbocycles. The minimum absolute atomic E-state index is 0.0227. The molecular weight excluding hydrogens is 256 g/mol. The van der Waals surface area contributed by atoms with Crippen molar-refractivity contribution in [2.24, 2.45) is 0 Å². The van der Waals surface area contributed by atoms with Crippen LogP contribution >= 0.6 is 0 Å². The van der Waals surface area contributed by atoms with Crippen molar-refractivity contribution in [1.29, 1.82) is 0 Å². The molecule has 5 nitrogen and oxygen atoms in total. The van der Waals surface area contributed by atoms with E-state index in [0.29, 0.717) is 19.4 Å². The summed E-state index contributed by atoms with van der Waals surface area (Å²) >= 11 is 0. The van der Waals surface area contributed by atoms with E-state index in [2.05, 4.69) is 10.6 Å². The molecule has 0 heterocycles. The summed E-state index contributed by atoms with van der Waals surface area (Å²) in [7, 11) is 0. The van der Waals surface area contributed by atoms with Crippen LogP contribution in [0, 0.1) is 0 Å². The quantitative estimate of drug-likeness (QED) is 0.538. The Kier molecular flexibility index (Phi) is 11.8. The summed E-state index contributed by atoms with van der Waals surface area (Å²) in [6.07, 6.45) is 7.19. The van der Waals surface area contributed by atoms with Crippen LogP contribution in [0.15, 0.2) is 0 Å². The van der Waals surface area contributed by atoms with Crippen LogP contribution in [0.1, 0.15) is 65.2 Å². The monoisotopic (exact) mass is 284 g/mol. The van der Waals surface area contributed by atoms with Crippen LogP contribution in [0.25, 0.3) is 0 Å². The molecular formula is C15H28N2O3. The Morgan fingerprint density at radius 1 is 0.750 bits per heavy atom. The minimum atomic E-state index is -0.0450. The Hall–Kier alpha value is -1.39. The van der Waals surface area contributed by atoms with Gasteiger partial charge in [-0.1, -0.05) is 25.7 Å². The molecule has 0 rings (SSSR count). The standard InChI is InChI=1S/C15H28N2O3/c1-3-16-14(19)10-8-6-4-5-7-9-11-15(20)17-12-13(2)18/h3-12H2,1-2H3,(H,16,19)(H,17,20). The summed E-state index contributed by atoms with van der Waals surface area (Å²) in [4.78, 5) is 33.2. The highest BCUT2D eigenvalue weighted by Crippen LogP contribution is 2.08. The van der Waals surface area contributed by atoms with Gasteiger partial charge in [0.05, 0.1) is 6.54 Å². The average molecular weight is 284 g/mol. The Bertz CT molecular complexity index is 303.